The number of methoxy groups -OCH3 is 1. The summed E-state index contributed by atoms with van der Waals surface area (Å²) in [4.78, 5) is 24.4. The van der Waals surface area contributed by atoms with Gasteiger partial charge in [-0.2, -0.15) is 0 Å². The van der Waals surface area contributed by atoms with Crippen LogP contribution in [0.25, 0.3) is 0 Å². The topological polar surface area (TPSA) is 138 Å². The summed E-state index contributed by atoms with van der Waals surface area (Å²) in [6.07, 6.45) is 2.99. The highest BCUT2D eigenvalue weighted by Crippen LogP contribution is 2.40. The van der Waals surface area contributed by atoms with E-state index in [1.54, 1.807) is 78.7 Å². The monoisotopic (exact) mass is 524 g/mol. The van der Waals surface area contributed by atoms with Crippen LogP contribution in [0.3, 0.4) is 0 Å². The van der Waals surface area contributed by atoms with Crippen LogP contribution in [0.2, 0.25) is 0 Å². The Kier molecular flexibility index (Phi) is 6.68. The number of carbonyl (C=O) groups is 1. The molecule has 0 bridgehead atoms. The van der Waals surface area contributed by atoms with Crippen molar-refractivity contribution < 1.29 is 19.7 Å². The van der Waals surface area contributed by atoms with E-state index in [1.165, 1.54) is 11.1 Å². The minimum atomic E-state index is -1.33. The Bertz CT molecular complexity index is 1530. The van der Waals surface area contributed by atoms with Crippen molar-refractivity contribution in [2.75, 3.05) is 12.8 Å². The first-order valence-corrected chi connectivity index (χ1v) is 12.2. The maximum Gasteiger partial charge on any atom is 0.324 e. The van der Waals surface area contributed by atoms with Crippen molar-refractivity contribution in [1.29, 1.82) is 0 Å². The average Bonchev–Trinajstić information content (AvgIpc) is 3.44. The van der Waals surface area contributed by atoms with E-state index in [0.29, 0.717) is 35.2 Å². The third-order valence-corrected chi connectivity index (χ3v) is 6.67. The maximum atomic E-state index is 13.6. The summed E-state index contributed by atoms with van der Waals surface area (Å²) >= 11 is 0. The number of aliphatic imine (C=N–C) groups is 1. The van der Waals surface area contributed by atoms with Crippen LogP contribution >= 0.6 is 0 Å². The highest BCUT2D eigenvalue weighted by molar-refractivity contribution is 6.12. The van der Waals surface area contributed by atoms with Crippen LogP contribution in [0.4, 0.5) is 10.6 Å². The summed E-state index contributed by atoms with van der Waals surface area (Å²) in [6, 6.07) is 20.3. The van der Waals surface area contributed by atoms with Crippen molar-refractivity contribution in [1.82, 2.24) is 19.8 Å². The van der Waals surface area contributed by atoms with Crippen molar-refractivity contribution >= 4 is 17.7 Å². The fraction of sp³-hybridized carbons (Fsp3) is 0.138. The van der Waals surface area contributed by atoms with Gasteiger partial charge in [0.15, 0.2) is 5.54 Å². The molecule has 198 valence electrons. The molecule has 1 aromatic heterocycles. The van der Waals surface area contributed by atoms with Gasteiger partial charge < -0.3 is 30.6 Å². The van der Waals surface area contributed by atoms with Crippen LogP contribution in [0.5, 0.6) is 17.2 Å². The molecule has 1 unspecified atom stereocenters. The van der Waals surface area contributed by atoms with Crippen molar-refractivity contribution in [3.05, 3.63) is 114 Å². The maximum absolute atomic E-state index is 13.6. The number of hydrogen-bond donors (Lipinski definition) is 4. The van der Waals surface area contributed by atoms with Gasteiger partial charge in [0.05, 0.1) is 26.5 Å². The zero-order valence-electron chi connectivity index (χ0n) is 21.3. The van der Waals surface area contributed by atoms with E-state index in [2.05, 4.69) is 16.9 Å². The molecule has 1 atom stereocenters. The minimum absolute atomic E-state index is 0.129. The molecule has 0 radical (unpaired) electrons. The van der Waals surface area contributed by atoms with E-state index in [0.717, 1.165) is 11.1 Å². The quantitative estimate of drug-likeness (QED) is 0.275. The molecule has 39 heavy (non-hydrogen) atoms. The van der Waals surface area contributed by atoms with Crippen LogP contribution in [0, 0.1) is 0 Å². The standard InChI is InChI=1S/C29H28N6O4/c1-3-31-27-29(21-8-14-24(39-2)15-9-21,33-28(38)35(27)17-20-6-12-23(37)13-7-20)25-26(30)34(18-32-25)16-19-4-10-22(36)11-5-19/h3-15,18,36-37H,1,16-17,30H2,2H3,(H,33,38)/b31-27+. The Labute approximate surface area is 225 Å². The Hall–Kier alpha value is -5.25. The van der Waals surface area contributed by atoms with Crippen molar-refractivity contribution in [3.8, 4) is 17.2 Å². The number of nitrogen functional groups attached to an aromatic ring is 1. The molecule has 0 aliphatic carbocycles. The predicted octanol–water partition coefficient (Wildman–Crippen LogP) is 3.94. The lowest BCUT2D eigenvalue weighted by molar-refractivity contribution is 0.225. The van der Waals surface area contributed by atoms with Gasteiger partial charge in [-0.1, -0.05) is 43.0 Å². The lowest BCUT2D eigenvalue weighted by atomic mass is 9.85. The van der Waals surface area contributed by atoms with Gasteiger partial charge in [-0.3, -0.25) is 4.90 Å². The van der Waals surface area contributed by atoms with Crippen molar-refractivity contribution in [2.45, 2.75) is 18.6 Å². The highest BCUT2D eigenvalue weighted by Gasteiger charge is 2.54. The third-order valence-electron chi connectivity index (χ3n) is 6.67. The lowest BCUT2D eigenvalue weighted by Gasteiger charge is -2.29. The van der Waals surface area contributed by atoms with E-state index in [1.807, 2.05) is 12.1 Å². The second-order valence-corrected chi connectivity index (χ2v) is 9.07. The number of aromatic hydroxyl groups is 2. The number of nitrogens with zero attached hydrogens (tertiary/aromatic N) is 4. The number of amidine groups is 1. The van der Waals surface area contributed by atoms with Crippen LogP contribution < -0.4 is 15.8 Å². The molecule has 0 saturated carbocycles. The number of aromatic nitrogens is 2. The smallest absolute Gasteiger partial charge is 0.324 e. The molecule has 4 aromatic rings. The number of anilines is 1. The zero-order chi connectivity index (χ0) is 27.6. The zero-order valence-corrected chi connectivity index (χ0v) is 21.3. The number of hydrogen-bond acceptors (Lipinski definition) is 7. The first-order chi connectivity index (χ1) is 18.8. The Balaban J connectivity index is 1.64. The van der Waals surface area contributed by atoms with Gasteiger partial charge in [0.25, 0.3) is 0 Å². The number of rotatable bonds is 8. The van der Waals surface area contributed by atoms with E-state index < -0.39 is 11.6 Å². The van der Waals surface area contributed by atoms with Gasteiger partial charge in [-0.25, -0.2) is 14.8 Å². The third kappa shape index (κ3) is 4.63. The van der Waals surface area contributed by atoms with Gasteiger partial charge in [0, 0.05) is 6.20 Å². The molecular weight excluding hydrogens is 496 g/mol. The SMILES string of the molecule is C=C/N=C1/N(Cc2ccc(O)cc2)C(=O)NC1(c1ccc(OC)cc1)c1ncn(Cc2ccc(O)cc2)c1N. The normalized spacial score (nSPS) is 17.8. The number of urea groups is 1. The van der Waals surface area contributed by atoms with E-state index in [-0.39, 0.29) is 18.0 Å². The number of ether oxygens (including phenoxy) is 1. The summed E-state index contributed by atoms with van der Waals surface area (Å²) < 4.78 is 7.12. The number of imidazole rings is 1. The van der Waals surface area contributed by atoms with E-state index >= 15 is 0 Å². The predicted molar refractivity (Wildman–Crippen MR) is 147 cm³/mol. The van der Waals surface area contributed by atoms with Crippen LogP contribution in [-0.4, -0.2) is 43.6 Å². The molecule has 10 heteroatoms. The minimum Gasteiger partial charge on any atom is -0.508 e. The highest BCUT2D eigenvalue weighted by atomic mass is 16.5. The molecule has 1 saturated heterocycles. The Morgan fingerprint density at radius 2 is 1.59 bits per heavy atom. The average molecular weight is 525 g/mol. The van der Waals surface area contributed by atoms with Crippen molar-refractivity contribution in [3.63, 3.8) is 0 Å². The Morgan fingerprint density at radius 3 is 2.15 bits per heavy atom. The fourth-order valence-electron chi connectivity index (χ4n) is 4.71. The van der Waals surface area contributed by atoms with Gasteiger partial charge >= 0.3 is 6.03 Å². The summed E-state index contributed by atoms with van der Waals surface area (Å²) in [5, 5.41) is 22.5. The Morgan fingerprint density at radius 1 is 1.00 bits per heavy atom. The molecule has 2 heterocycles. The van der Waals surface area contributed by atoms with Gasteiger partial charge in [0.2, 0.25) is 0 Å². The molecule has 3 aromatic carbocycles. The molecule has 2 amide bonds. The first kappa shape index (κ1) is 25.4. The summed E-state index contributed by atoms with van der Waals surface area (Å²) in [7, 11) is 1.58. The number of nitrogens with one attached hydrogen (secondary N) is 1. The van der Waals surface area contributed by atoms with Gasteiger partial charge in [-0.05, 0) is 53.1 Å². The molecule has 1 fully saturated rings. The first-order valence-electron chi connectivity index (χ1n) is 12.2. The van der Waals surface area contributed by atoms with E-state index in [4.69, 9.17) is 15.5 Å². The fourth-order valence-corrected chi connectivity index (χ4v) is 4.71. The summed E-state index contributed by atoms with van der Waals surface area (Å²) in [6.45, 7) is 4.37. The number of phenolic OH excluding ortho intramolecular Hbond substituents is 2. The molecule has 1 aliphatic rings. The molecule has 5 N–H and O–H groups in total. The largest absolute Gasteiger partial charge is 0.508 e. The van der Waals surface area contributed by atoms with Crippen LogP contribution in [0.1, 0.15) is 22.4 Å². The number of benzene rings is 3. The molecular formula is C29H28N6O4. The molecule has 10 nitrogen and oxygen atoms in total. The second kappa shape index (κ2) is 10.3. The summed E-state index contributed by atoms with van der Waals surface area (Å²) in [5.74, 6) is 1.63. The lowest BCUT2D eigenvalue weighted by Crippen LogP contribution is -2.46. The number of nitrogens with two attached hydrogens (primary N) is 1. The van der Waals surface area contributed by atoms with Crippen LogP contribution in [0.15, 0.2) is 96.9 Å². The number of amides is 2. The molecule has 0 spiro atoms. The van der Waals surface area contributed by atoms with E-state index in [9.17, 15) is 15.0 Å². The molecule has 5 rings (SSSR count). The summed E-state index contributed by atoms with van der Waals surface area (Å²) in [5.41, 5.74) is 8.14. The number of phenols is 2. The number of carbonyl (C=O) groups excluding carboxylic acids is 1. The van der Waals surface area contributed by atoms with Gasteiger partial charge in [-0.15, -0.1) is 0 Å². The van der Waals surface area contributed by atoms with Crippen LogP contribution in [-0.2, 0) is 18.6 Å². The molecule has 1 aliphatic heterocycles. The van der Waals surface area contributed by atoms with Gasteiger partial charge in [0.1, 0.15) is 34.6 Å². The van der Waals surface area contributed by atoms with Crippen molar-refractivity contribution in [2.24, 2.45) is 4.99 Å². The second-order valence-electron chi connectivity index (χ2n) is 9.07.